The van der Waals surface area contributed by atoms with Gasteiger partial charge in [-0.05, 0) is 54.5 Å². The largest absolute Gasteiger partial charge is 0.472 e. The highest BCUT2D eigenvalue weighted by molar-refractivity contribution is 14.1. The molecule has 1 aromatic heterocycles. The summed E-state index contributed by atoms with van der Waals surface area (Å²) < 4.78 is 6.91. The molecule has 2 heterocycles. The van der Waals surface area contributed by atoms with Gasteiger partial charge in [-0.3, -0.25) is 4.79 Å². The number of hydrogen-bond acceptors (Lipinski definition) is 4. The van der Waals surface area contributed by atoms with Crippen LogP contribution in [-0.4, -0.2) is 40.0 Å². The van der Waals surface area contributed by atoms with Crippen LogP contribution in [-0.2, 0) is 0 Å². The molecule has 1 unspecified atom stereocenters. The number of carbonyl (C=O) groups excluding carboxylic acids is 1. The lowest BCUT2D eigenvalue weighted by atomic mass is 10.1. The lowest BCUT2D eigenvalue weighted by Crippen LogP contribution is -2.44. The van der Waals surface area contributed by atoms with Crippen LogP contribution in [0.2, 0.25) is 0 Å². The predicted molar refractivity (Wildman–Crippen MR) is 95.5 cm³/mol. The number of aromatic nitrogens is 2. The van der Waals surface area contributed by atoms with E-state index in [1.54, 1.807) is 12.3 Å². The fourth-order valence-electron chi connectivity index (χ4n) is 2.69. The zero-order valence-corrected chi connectivity index (χ0v) is 15.1. The second kappa shape index (κ2) is 7.25. The first-order valence-electron chi connectivity index (χ1n) is 7.63. The van der Waals surface area contributed by atoms with Crippen LogP contribution in [0.4, 0.5) is 0 Å². The Morgan fingerprint density at radius 3 is 2.96 bits per heavy atom. The van der Waals surface area contributed by atoms with E-state index in [1.807, 2.05) is 36.1 Å². The zero-order valence-electron chi connectivity index (χ0n) is 12.9. The first-order chi connectivity index (χ1) is 11.1. The lowest BCUT2D eigenvalue weighted by Gasteiger charge is -2.32. The summed E-state index contributed by atoms with van der Waals surface area (Å²) in [5.74, 6) is 1.33. The smallest absolute Gasteiger partial charge is 0.255 e. The Morgan fingerprint density at radius 2 is 2.17 bits per heavy atom. The Hall–Kier alpha value is -1.70. The zero-order chi connectivity index (χ0) is 16.2. The molecule has 0 radical (unpaired) electrons. The Balaban J connectivity index is 1.68. The van der Waals surface area contributed by atoms with Crippen molar-refractivity contribution in [3.63, 3.8) is 0 Å². The first-order valence-corrected chi connectivity index (χ1v) is 8.71. The molecule has 3 rings (SSSR count). The minimum atomic E-state index is -0.0247. The van der Waals surface area contributed by atoms with Crippen molar-refractivity contribution in [2.24, 2.45) is 0 Å². The van der Waals surface area contributed by atoms with E-state index in [-0.39, 0.29) is 12.0 Å². The van der Waals surface area contributed by atoms with Crippen LogP contribution >= 0.6 is 22.6 Å². The topological polar surface area (TPSA) is 55.3 Å². The van der Waals surface area contributed by atoms with Crippen LogP contribution in [0.3, 0.4) is 0 Å². The van der Waals surface area contributed by atoms with Crippen molar-refractivity contribution >= 4 is 28.5 Å². The minimum absolute atomic E-state index is 0.0247. The second-order valence-corrected chi connectivity index (χ2v) is 6.72. The second-order valence-electron chi connectivity index (χ2n) is 5.56. The molecule has 1 aliphatic rings. The number of nitrogens with zero attached hydrogens (tertiary/aromatic N) is 3. The van der Waals surface area contributed by atoms with Gasteiger partial charge in [0.05, 0.1) is 12.1 Å². The molecule has 0 saturated carbocycles. The van der Waals surface area contributed by atoms with Gasteiger partial charge in [0.15, 0.2) is 0 Å². The van der Waals surface area contributed by atoms with Gasteiger partial charge in [0, 0.05) is 22.4 Å². The molecule has 1 fully saturated rings. The van der Waals surface area contributed by atoms with Crippen molar-refractivity contribution < 1.29 is 9.53 Å². The van der Waals surface area contributed by atoms with Gasteiger partial charge in [-0.15, -0.1) is 0 Å². The van der Waals surface area contributed by atoms with Gasteiger partial charge in [-0.25, -0.2) is 4.98 Å². The number of aryl methyl sites for hydroxylation is 1. The van der Waals surface area contributed by atoms with Gasteiger partial charge in [-0.2, -0.15) is 4.98 Å². The van der Waals surface area contributed by atoms with Gasteiger partial charge < -0.3 is 9.64 Å². The molecule has 1 atom stereocenters. The molecule has 1 amide bonds. The van der Waals surface area contributed by atoms with Crippen LogP contribution in [0.5, 0.6) is 5.88 Å². The number of ether oxygens (including phenoxy) is 1. The van der Waals surface area contributed by atoms with Crippen molar-refractivity contribution in [2.45, 2.75) is 25.9 Å². The molecule has 2 aromatic rings. The third-order valence-electron chi connectivity index (χ3n) is 3.81. The number of amides is 1. The Morgan fingerprint density at radius 1 is 1.35 bits per heavy atom. The van der Waals surface area contributed by atoms with Crippen molar-refractivity contribution in [2.75, 3.05) is 13.1 Å². The number of rotatable bonds is 3. The van der Waals surface area contributed by atoms with Crippen LogP contribution in [0.25, 0.3) is 0 Å². The Bertz CT molecular complexity index is 708. The molecular weight excluding hydrogens is 405 g/mol. The van der Waals surface area contributed by atoms with E-state index in [4.69, 9.17) is 4.74 Å². The highest BCUT2D eigenvalue weighted by Gasteiger charge is 2.26. The molecule has 0 bridgehead atoms. The summed E-state index contributed by atoms with van der Waals surface area (Å²) in [6.45, 7) is 3.19. The summed E-state index contributed by atoms with van der Waals surface area (Å²) in [5, 5.41) is 0. The number of halogens is 1. The Kier molecular flexibility index (Phi) is 5.09. The third kappa shape index (κ3) is 3.99. The van der Waals surface area contributed by atoms with Gasteiger partial charge in [0.2, 0.25) is 5.88 Å². The molecule has 6 heteroatoms. The van der Waals surface area contributed by atoms with E-state index in [0.29, 0.717) is 18.2 Å². The maximum absolute atomic E-state index is 12.7. The molecule has 0 aliphatic carbocycles. The molecule has 120 valence electrons. The van der Waals surface area contributed by atoms with Crippen molar-refractivity contribution in [1.29, 1.82) is 0 Å². The number of hydrogen-bond donors (Lipinski definition) is 0. The molecular formula is C17H18IN3O2. The van der Waals surface area contributed by atoms with Gasteiger partial charge in [0.25, 0.3) is 5.91 Å². The minimum Gasteiger partial charge on any atom is -0.472 e. The van der Waals surface area contributed by atoms with Crippen molar-refractivity contribution in [1.82, 2.24) is 14.9 Å². The third-order valence-corrected chi connectivity index (χ3v) is 4.75. The number of benzene rings is 1. The quantitative estimate of drug-likeness (QED) is 0.713. The van der Waals surface area contributed by atoms with E-state index < -0.39 is 0 Å². The molecule has 1 saturated heterocycles. The summed E-state index contributed by atoms with van der Waals surface area (Å²) in [6.07, 6.45) is 3.53. The summed E-state index contributed by atoms with van der Waals surface area (Å²) in [7, 11) is 0. The fraction of sp³-hybridized carbons (Fsp3) is 0.353. The van der Waals surface area contributed by atoms with Crippen LogP contribution in [0.1, 0.15) is 29.0 Å². The summed E-state index contributed by atoms with van der Waals surface area (Å²) >= 11 is 2.20. The number of likely N-dealkylation sites (tertiary alicyclic amines) is 1. The standard InChI is InChI=1S/C17H18IN3O2/c1-12-19-9-8-16(20-12)23-13-5-4-10-21(11-13)17(22)14-6-2-3-7-15(14)18/h2-3,6-9,13H,4-5,10-11H2,1H3. The molecule has 1 aromatic carbocycles. The van der Waals surface area contributed by atoms with Gasteiger partial charge in [0.1, 0.15) is 11.9 Å². The Labute approximate surface area is 149 Å². The highest BCUT2D eigenvalue weighted by atomic mass is 127. The van der Waals surface area contributed by atoms with Crippen LogP contribution in [0, 0.1) is 10.5 Å². The lowest BCUT2D eigenvalue weighted by molar-refractivity contribution is 0.0526. The number of piperidine rings is 1. The van der Waals surface area contributed by atoms with E-state index in [9.17, 15) is 4.79 Å². The number of carbonyl (C=O) groups is 1. The fourth-order valence-corrected chi connectivity index (χ4v) is 3.31. The monoisotopic (exact) mass is 423 g/mol. The van der Waals surface area contributed by atoms with E-state index in [0.717, 1.165) is 28.5 Å². The predicted octanol–water partition coefficient (Wildman–Crippen LogP) is 3.07. The average molecular weight is 423 g/mol. The van der Waals surface area contributed by atoms with E-state index in [1.165, 1.54) is 0 Å². The average Bonchev–Trinajstić information content (AvgIpc) is 2.55. The first kappa shape index (κ1) is 16.2. The molecule has 0 spiro atoms. The van der Waals surface area contributed by atoms with E-state index in [2.05, 4.69) is 32.6 Å². The highest BCUT2D eigenvalue weighted by Crippen LogP contribution is 2.20. The molecule has 5 nitrogen and oxygen atoms in total. The summed E-state index contributed by atoms with van der Waals surface area (Å²) in [4.78, 5) is 22.9. The van der Waals surface area contributed by atoms with Gasteiger partial charge in [-0.1, -0.05) is 12.1 Å². The normalized spacial score (nSPS) is 17.8. The van der Waals surface area contributed by atoms with Crippen molar-refractivity contribution in [3.05, 3.63) is 51.5 Å². The summed E-state index contributed by atoms with van der Waals surface area (Å²) in [6, 6.07) is 9.43. The van der Waals surface area contributed by atoms with Crippen LogP contribution < -0.4 is 4.74 Å². The SMILES string of the molecule is Cc1nccc(OC2CCCN(C(=O)c3ccccc3I)C2)n1. The maximum atomic E-state index is 12.7. The van der Waals surface area contributed by atoms with Crippen LogP contribution in [0.15, 0.2) is 36.5 Å². The molecule has 0 N–H and O–H groups in total. The van der Waals surface area contributed by atoms with Gasteiger partial charge >= 0.3 is 0 Å². The maximum Gasteiger partial charge on any atom is 0.255 e. The van der Waals surface area contributed by atoms with E-state index >= 15 is 0 Å². The van der Waals surface area contributed by atoms with Crippen molar-refractivity contribution in [3.8, 4) is 5.88 Å². The molecule has 1 aliphatic heterocycles. The summed E-state index contributed by atoms with van der Waals surface area (Å²) in [5.41, 5.74) is 0.756. The molecule has 23 heavy (non-hydrogen) atoms.